The fraction of sp³-hybridized carbons (Fsp3) is 0.462. The van der Waals surface area contributed by atoms with Crippen LogP contribution in [-0.4, -0.2) is 21.7 Å². The third-order valence-electron chi connectivity index (χ3n) is 3.35. The standard InChI is InChI=1S/C13H19N5OS/c1-7-6-15-10(8(2)12(7)19-4)5-11(16-14)13-9(3)17-18-20-13/h6,11,16H,5,14H2,1-4H3. The molecule has 6 nitrogen and oxygen atoms in total. The summed E-state index contributed by atoms with van der Waals surface area (Å²) in [6.07, 6.45) is 2.50. The second-order valence-electron chi connectivity index (χ2n) is 4.69. The van der Waals surface area contributed by atoms with Gasteiger partial charge in [-0.3, -0.25) is 16.3 Å². The summed E-state index contributed by atoms with van der Waals surface area (Å²) in [6.45, 7) is 5.93. The van der Waals surface area contributed by atoms with Crippen LogP contribution in [0.1, 0.15) is 33.4 Å². The van der Waals surface area contributed by atoms with Crippen LogP contribution in [0.4, 0.5) is 0 Å². The van der Waals surface area contributed by atoms with Crippen molar-refractivity contribution in [1.82, 2.24) is 20.0 Å². The molecule has 2 rings (SSSR count). The van der Waals surface area contributed by atoms with Crippen molar-refractivity contribution in [2.45, 2.75) is 33.2 Å². The summed E-state index contributed by atoms with van der Waals surface area (Å²) >= 11 is 1.36. The number of rotatable bonds is 5. The minimum atomic E-state index is -0.0476. The molecule has 0 aliphatic carbocycles. The van der Waals surface area contributed by atoms with Crippen LogP contribution in [0.5, 0.6) is 5.75 Å². The fourth-order valence-electron chi connectivity index (χ4n) is 2.25. The number of aromatic nitrogens is 3. The van der Waals surface area contributed by atoms with Gasteiger partial charge in [-0.15, -0.1) is 5.10 Å². The van der Waals surface area contributed by atoms with Crippen molar-refractivity contribution >= 4 is 11.5 Å². The van der Waals surface area contributed by atoms with Gasteiger partial charge in [-0.05, 0) is 32.3 Å². The quantitative estimate of drug-likeness (QED) is 0.643. The maximum atomic E-state index is 5.67. The third-order valence-corrected chi connectivity index (χ3v) is 4.29. The van der Waals surface area contributed by atoms with Crippen molar-refractivity contribution in [1.29, 1.82) is 0 Å². The highest BCUT2D eigenvalue weighted by Gasteiger charge is 2.19. The largest absolute Gasteiger partial charge is 0.496 e. The van der Waals surface area contributed by atoms with Gasteiger partial charge in [-0.2, -0.15) is 0 Å². The molecule has 7 heteroatoms. The zero-order valence-electron chi connectivity index (χ0n) is 12.1. The summed E-state index contributed by atoms with van der Waals surface area (Å²) in [5, 5.41) is 4.03. The summed E-state index contributed by atoms with van der Waals surface area (Å²) in [6, 6.07) is -0.0476. The first-order chi connectivity index (χ1) is 9.58. The summed E-state index contributed by atoms with van der Waals surface area (Å²) in [4.78, 5) is 5.54. The Balaban J connectivity index is 2.31. The lowest BCUT2D eigenvalue weighted by atomic mass is 10.0. The minimum Gasteiger partial charge on any atom is -0.496 e. The molecule has 0 aliphatic rings. The van der Waals surface area contributed by atoms with E-state index in [4.69, 9.17) is 10.6 Å². The van der Waals surface area contributed by atoms with Crippen molar-refractivity contribution in [2.24, 2.45) is 5.84 Å². The van der Waals surface area contributed by atoms with Gasteiger partial charge in [0.15, 0.2) is 0 Å². The van der Waals surface area contributed by atoms with Crippen LogP contribution in [0.3, 0.4) is 0 Å². The molecule has 108 valence electrons. The van der Waals surface area contributed by atoms with Gasteiger partial charge >= 0.3 is 0 Å². The minimum absolute atomic E-state index is 0.0476. The van der Waals surface area contributed by atoms with Crippen LogP contribution in [0, 0.1) is 20.8 Å². The molecule has 0 saturated heterocycles. The Kier molecular flexibility index (Phi) is 4.64. The van der Waals surface area contributed by atoms with E-state index < -0.39 is 0 Å². The average molecular weight is 293 g/mol. The third kappa shape index (κ3) is 2.79. The van der Waals surface area contributed by atoms with E-state index in [0.717, 1.165) is 33.1 Å². The van der Waals surface area contributed by atoms with Crippen LogP contribution in [-0.2, 0) is 6.42 Å². The first kappa shape index (κ1) is 14.8. The number of aryl methyl sites for hydroxylation is 2. The van der Waals surface area contributed by atoms with Gasteiger partial charge in [0, 0.05) is 29.4 Å². The van der Waals surface area contributed by atoms with Crippen molar-refractivity contribution in [3.8, 4) is 5.75 Å². The van der Waals surface area contributed by atoms with E-state index in [9.17, 15) is 0 Å². The number of nitrogens with one attached hydrogen (secondary N) is 1. The summed E-state index contributed by atoms with van der Waals surface area (Å²) in [5.74, 6) is 6.55. The first-order valence-electron chi connectivity index (χ1n) is 6.32. The Morgan fingerprint density at radius 1 is 1.40 bits per heavy atom. The number of pyridine rings is 1. The number of ether oxygens (including phenoxy) is 1. The molecule has 0 radical (unpaired) electrons. The zero-order chi connectivity index (χ0) is 14.7. The van der Waals surface area contributed by atoms with Crippen molar-refractivity contribution < 1.29 is 4.74 Å². The number of methoxy groups -OCH3 is 1. The molecule has 0 bridgehead atoms. The summed E-state index contributed by atoms with van der Waals surface area (Å²) in [5.41, 5.74) is 6.76. The first-order valence-corrected chi connectivity index (χ1v) is 7.09. The number of nitrogens with zero attached hydrogens (tertiary/aromatic N) is 3. The van der Waals surface area contributed by atoms with E-state index in [1.165, 1.54) is 11.5 Å². The Morgan fingerprint density at radius 2 is 2.15 bits per heavy atom. The number of hydrazine groups is 1. The molecule has 2 aromatic rings. The van der Waals surface area contributed by atoms with Gasteiger partial charge in [0.05, 0.1) is 23.7 Å². The van der Waals surface area contributed by atoms with Gasteiger partial charge in [0.2, 0.25) is 0 Å². The topological polar surface area (TPSA) is 86.0 Å². The predicted molar refractivity (Wildman–Crippen MR) is 78.7 cm³/mol. The van der Waals surface area contributed by atoms with E-state index in [0.29, 0.717) is 6.42 Å². The summed E-state index contributed by atoms with van der Waals surface area (Å²) in [7, 11) is 1.68. The van der Waals surface area contributed by atoms with E-state index in [1.54, 1.807) is 7.11 Å². The van der Waals surface area contributed by atoms with Gasteiger partial charge < -0.3 is 4.74 Å². The molecule has 0 amide bonds. The SMILES string of the molecule is COc1c(C)cnc(CC(NN)c2snnc2C)c1C. The van der Waals surface area contributed by atoms with Crippen molar-refractivity contribution in [3.05, 3.63) is 33.6 Å². The second-order valence-corrected chi connectivity index (χ2v) is 5.48. The lowest BCUT2D eigenvalue weighted by Gasteiger charge is -2.17. The molecule has 20 heavy (non-hydrogen) atoms. The van der Waals surface area contributed by atoms with Gasteiger partial charge in [0.25, 0.3) is 0 Å². The fourth-order valence-corrected chi connectivity index (χ4v) is 2.96. The Morgan fingerprint density at radius 3 is 2.70 bits per heavy atom. The van der Waals surface area contributed by atoms with Crippen LogP contribution in [0.15, 0.2) is 6.20 Å². The zero-order valence-corrected chi connectivity index (χ0v) is 12.9. The predicted octanol–water partition coefficient (Wildman–Crippen LogP) is 1.61. The van der Waals surface area contributed by atoms with Crippen LogP contribution in [0.25, 0.3) is 0 Å². The molecule has 0 spiro atoms. The summed E-state index contributed by atoms with van der Waals surface area (Å²) < 4.78 is 9.39. The van der Waals surface area contributed by atoms with Crippen LogP contribution >= 0.6 is 11.5 Å². The molecule has 0 aromatic carbocycles. The number of hydrogen-bond acceptors (Lipinski definition) is 7. The maximum absolute atomic E-state index is 5.67. The molecule has 3 N–H and O–H groups in total. The molecular formula is C13H19N5OS. The van der Waals surface area contributed by atoms with E-state index in [-0.39, 0.29) is 6.04 Å². The highest BCUT2D eigenvalue weighted by molar-refractivity contribution is 7.05. The van der Waals surface area contributed by atoms with Gasteiger partial charge in [-0.25, -0.2) is 0 Å². The number of hydrogen-bond donors (Lipinski definition) is 2. The molecule has 0 aliphatic heterocycles. The monoisotopic (exact) mass is 293 g/mol. The molecular weight excluding hydrogens is 274 g/mol. The van der Waals surface area contributed by atoms with Gasteiger partial charge in [0.1, 0.15) is 5.75 Å². The Hall–Kier alpha value is -1.57. The molecule has 1 atom stereocenters. The van der Waals surface area contributed by atoms with E-state index >= 15 is 0 Å². The smallest absolute Gasteiger partial charge is 0.128 e. The lowest BCUT2D eigenvalue weighted by molar-refractivity contribution is 0.406. The highest BCUT2D eigenvalue weighted by Crippen LogP contribution is 2.28. The Bertz CT molecular complexity index is 598. The highest BCUT2D eigenvalue weighted by atomic mass is 32.1. The Labute approximate surface area is 122 Å². The van der Waals surface area contributed by atoms with Crippen molar-refractivity contribution in [2.75, 3.05) is 7.11 Å². The maximum Gasteiger partial charge on any atom is 0.128 e. The van der Waals surface area contributed by atoms with Crippen molar-refractivity contribution in [3.63, 3.8) is 0 Å². The van der Waals surface area contributed by atoms with Crippen LogP contribution < -0.4 is 16.0 Å². The lowest BCUT2D eigenvalue weighted by Crippen LogP contribution is -2.30. The normalized spacial score (nSPS) is 12.4. The second kappa shape index (κ2) is 6.25. The molecule has 2 aromatic heterocycles. The van der Waals surface area contributed by atoms with Crippen LogP contribution in [0.2, 0.25) is 0 Å². The van der Waals surface area contributed by atoms with E-state index in [1.807, 2.05) is 27.0 Å². The van der Waals surface area contributed by atoms with E-state index in [2.05, 4.69) is 20.0 Å². The molecule has 0 fully saturated rings. The molecule has 2 heterocycles. The number of nitrogens with two attached hydrogens (primary N) is 1. The average Bonchev–Trinajstić information content (AvgIpc) is 2.85. The molecule has 0 saturated carbocycles. The molecule has 1 unspecified atom stereocenters. The van der Waals surface area contributed by atoms with Gasteiger partial charge in [-0.1, -0.05) is 4.49 Å².